The van der Waals surface area contributed by atoms with Crippen molar-refractivity contribution in [2.24, 2.45) is 0 Å². The van der Waals surface area contributed by atoms with Crippen molar-refractivity contribution in [1.82, 2.24) is 10.2 Å². The SMILES string of the molecule is Cc1cc(C2CN(C(=O)OC(C)(C)C)CCN2)c(F)cc1F. The molecule has 6 heteroatoms. The Hall–Kier alpha value is -1.69. The van der Waals surface area contributed by atoms with Crippen LogP contribution < -0.4 is 5.32 Å². The van der Waals surface area contributed by atoms with Crippen LogP contribution in [0.25, 0.3) is 0 Å². The molecule has 0 radical (unpaired) electrons. The minimum absolute atomic E-state index is 0.289. The zero-order chi connectivity index (χ0) is 16.5. The van der Waals surface area contributed by atoms with Gasteiger partial charge in [-0.1, -0.05) is 0 Å². The van der Waals surface area contributed by atoms with E-state index in [9.17, 15) is 13.6 Å². The fraction of sp³-hybridized carbons (Fsp3) is 0.562. The third-order valence-electron chi connectivity index (χ3n) is 3.48. The number of hydrogen-bond donors (Lipinski definition) is 1. The van der Waals surface area contributed by atoms with E-state index in [0.29, 0.717) is 24.2 Å². The number of piperazine rings is 1. The molecule has 1 heterocycles. The first-order chi connectivity index (χ1) is 10.2. The number of carbonyl (C=O) groups is 1. The van der Waals surface area contributed by atoms with Crippen LogP contribution >= 0.6 is 0 Å². The molecule has 1 aliphatic heterocycles. The second kappa shape index (κ2) is 6.20. The number of nitrogens with zero attached hydrogens (tertiary/aromatic N) is 1. The van der Waals surface area contributed by atoms with Crippen molar-refractivity contribution in [1.29, 1.82) is 0 Å². The first-order valence-electron chi connectivity index (χ1n) is 7.34. The molecule has 0 saturated carbocycles. The number of benzene rings is 1. The van der Waals surface area contributed by atoms with Gasteiger partial charge >= 0.3 is 6.09 Å². The summed E-state index contributed by atoms with van der Waals surface area (Å²) in [6, 6.07) is 2.00. The number of halogens is 2. The predicted molar refractivity (Wildman–Crippen MR) is 79.6 cm³/mol. The smallest absolute Gasteiger partial charge is 0.410 e. The molecule has 1 aromatic carbocycles. The molecule has 1 N–H and O–H groups in total. The Balaban J connectivity index is 2.14. The Morgan fingerprint density at radius 1 is 1.32 bits per heavy atom. The van der Waals surface area contributed by atoms with Crippen LogP contribution in [-0.2, 0) is 4.74 Å². The summed E-state index contributed by atoms with van der Waals surface area (Å²) in [4.78, 5) is 13.7. The van der Waals surface area contributed by atoms with Gasteiger partial charge in [0.2, 0.25) is 0 Å². The zero-order valence-electron chi connectivity index (χ0n) is 13.4. The number of rotatable bonds is 1. The molecule has 122 valence electrons. The quantitative estimate of drug-likeness (QED) is 0.866. The first kappa shape index (κ1) is 16.7. The van der Waals surface area contributed by atoms with Gasteiger partial charge in [0.05, 0.1) is 6.04 Å². The van der Waals surface area contributed by atoms with E-state index >= 15 is 0 Å². The van der Waals surface area contributed by atoms with Gasteiger partial charge in [0.15, 0.2) is 0 Å². The van der Waals surface area contributed by atoms with Gasteiger partial charge < -0.3 is 15.0 Å². The minimum atomic E-state index is -0.605. The maximum atomic E-state index is 14.0. The average molecular weight is 312 g/mol. The van der Waals surface area contributed by atoms with Gasteiger partial charge in [-0.15, -0.1) is 0 Å². The monoisotopic (exact) mass is 312 g/mol. The molecule has 0 aromatic heterocycles. The molecule has 0 bridgehead atoms. The highest BCUT2D eigenvalue weighted by Gasteiger charge is 2.29. The normalized spacial score (nSPS) is 19.2. The molecule has 1 unspecified atom stereocenters. The average Bonchev–Trinajstić information content (AvgIpc) is 2.41. The van der Waals surface area contributed by atoms with Crippen molar-refractivity contribution < 1.29 is 18.3 Å². The first-order valence-corrected chi connectivity index (χ1v) is 7.34. The Labute approximate surface area is 129 Å². The van der Waals surface area contributed by atoms with Crippen LogP contribution in [0.3, 0.4) is 0 Å². The van der Waals surface area contributed by atoms with E-state index in [1.165, 1.54) is 6.07 Å². The lowest BCUT2D eigenvalue weighted by Gasteiger charge is -2.35. The Bertz CT molecular complexity index is 570. The minimum Gasteiger partial charge on any atom is -0.444 e. The van der Waals surface area contributed by atoms with Gasteiger partial charge in [-0.25, -0.2) is 13.6 Å². The Morgan fingerprint density at radius 3 is 2.64 bits per heavy atom. The van der Waals surface area contributed by atoms with Crippen molar-refractivity contribution in [2.45, 2.75) is 39.3 Å². The standard InChI is InChI=1S/C16H22F2N2O2/c1-10-7-11(13(18)8-12(10)17)14-9-20(6-5-19-14)15(21)22-16(2,3)4/h7-8,14,19H,5-6,9H2,1-4H3. The van der Waals surface area contributed by atoms with Gasteiger partial charge in [-0.2, -0.15) is 0 Å². The summed E-state index contributed by atoms with van der Waals surface area (Å²) in [5.74, 6) is -1.17. The highest BCUT2D eigenvalue weighted by molar-refractivity contribution is 5.68. The maximum Gasteiger partial charge on any atom is 0.410 e. The number of nitrogens with one attached hydrogen (secondary N) is 1. The predicted octanol–water partition coefficient (Wildman–Crippen LogP) is 3.15. The number of carbonyl (C=O) groups excluding carboxylic acids is 1. The Morgan fingerprint density at radius 2 is 2.00 bits per heavy atom. The molecular weight excluding hydrogens is 290 g/mol. The van der Waals surface area contributed by atoms with Gasteiger partial charge in [-0.05, 0) is 39.3 Å². The largest absolute Gasteiger partial charge is 0.444 e. The van der Waals surface area contributed by atoms with Crippen LogP contribution in [0.5, 0.6) is 0 Å². The van der Waals surface area contributed by atoms with Crippen LogP contribution in [0.1, 0.15) is 37.9 Å². The summed E-state index contributed by atoms with van der Waals surface area (Å²) in [5.41, 5.74) is 0.176. The molecule has 1 saturated heterocycles. The van der Waals surface area contributed by atoms with Gasteiger partial charge in [0.25, 0.3) is 0 Å². The van der Waals surface area contributed by atoms with E-state index < -0.39 is 23.3 Å². The second-order valence-electron chi connectivity index (χ2n) is 6.56. The third-order valence-corrected chi connectivity index (χ3v) is 3.48. The molecule has 1 aliphatic rings. The van der Waals surface area contributed by atoms with E-state index in [1.54, 1.807) is 32.6 Å². The lowest BCUT2D eigenvalue weighted by atomic mass is 10.0. The van der Waals surface area contributed by atoms with Crippen molar-refractivity contribution >= 4 is 6.09 Å². The van der Waals surface area contributed by atoms with Crippen molar-refractivity contribution in [3.63, 3.8) is 0 Å². The number of hydrogen-bond acceptors (Lipinski definition) is 3. The summed E-state index contributed by atoms with van der Waals surface area (Å²) in [6.07, 6.45) is -0.418. The number of aryl methyl sites for hydroxylation is 1. The maximum absolute atomic E-state index is 14.0. The van der Waals surface area contributed by atoms with Gasteiger partial charge in [0, 0.05) is 31.3 Å². The molecule has 1 fully saturated rings. The Kier molecular flexibility index (Phi) is 4.70. The van der Waals surface area contributed by atoms with Crippen LogP contribution in [0.4, 0.5) is 13.6 Å². The molecule has 0 aliphatic carbocycles. The number of amides is 1. The molecule has 2 rings (SSSR count). The van der Waals surface area contributed by atoms with Crippen LogP contribution in [-0.4, -0.2) is 36.2 Å². The van der Waals surface area contributed by atoms with Crippen LogP contribution in [0.15, 0.2) is 12.1 Å². The van der Waals surface area contributed by atoms with E-state index in [0.717, 1.165) is 6.07 Å². The lowest BCUT2D eigenvalue weighted by Crippen LogP contribution is -2.49. The summed E-state index contributed by atoms with van der Waals surface area (Å²) in [6.45, 7) is 8.30. The fourth-order valence-electron chi connectivity index (χ4n) is 2.40. The zero-order valence-corrected chi connectivity index (χ0v) is 13.4. The molecule has 1 atom stereocenters. The topological polar surface area (TPSA) is 41.6 Å². The van der Waals surface area contributed by atoms with Crippen LogP contribution in [0, 0.1) is 18.6 Å². The number of ether oxygens (including phenoxy) is 1. The molecule has 0 spiro atoms. The van der Waals surface area contributed by atoms with Crippen molar-refractivity contribution in [2.75, 3.05) is 19.6 Å². The summed E-state index contributed by atoms with van der Waals surface area (Å²) in [7, 11) is 0. The third kappa shape index (κ3) is 3.94. The van der Waals surface area contributed by atoms with Gasteiger partial charge in [0.1, 0.15) is 17.2 Å². The lowest BCUT2D eigenvalue weighted by molar-refractivity contribution is 0.0193. The molecular formula is C16H22F2N2O2. The van der Waals surface area contributed by atoms with Crippen molar-refractivity contribution in [3.8, 4) is 0 Å². The highest BCUT2D eigenvalue weighted by Crippen LogP contribution is 2.24. The summed E-state index contributed by atoms with van der Waals surface area (Å²) < 4.78 is 32.7. The summed E-state index contributed by atoms with van der Waals surface area (Å²) >= 11 is 0. The second-order valence-corrected chi connectivity index (χ2v) is 6.56. The van der Waals surface area contributed by atoms with E-state index in [1.807, 2.05) is 0 Å². The van der Waals surface area contributed by atoms with Crippen molar-refractivity contribution in [3.05, 3.63) is 34.9 Å². The van der Waals surface area contributed by atoms with E-state index in [-0.39, 0.29) is 12.6 Å². The molecule has 1 aromatic rings. The van der Waals surface area contributed by atoms with Gasteiger partial charge in [-0.3, -0.25) is 0 Å². The molecule has 22 heavy (non-hydrogen) atoms. The highest BCUT2D eigenvalue weighted by atomic mass is 19.1. The fourth-order valence-corrected chi connectivity index (χ4v) is 2.40. The van der Waals surface area contributed by atoms with Crippen LogP contribution in [0.2, 0.25) is 0 Å². The van der Waals surface area contributed by atoms with E-state index in [2.05, 4.69) is 5.32 Å². The molecule has 1 amide bonds. The van der Waals surface area contributed by atoms with E-state index in [4.69, 9.17) is 4.74 Å². The molecule has 4 nitrogen and oxygen atoms in total. The summed E-state index contributed by atoms with van der Waals surface area (Å²) in [5, 5.41) is 3.16.